The number of nitrogens with zero attached hydrogens (tertiary/aromatic N) is 2. The fourth-order valence-corrected chi connectivity index (χ4v) is 6.33. The zero-order valence-corrected chi connectivity index (χ0v) is 26.4. The molecule has 0 N–H and O–H groups in total. The van der Waals surface area contributed by atoms with Gasteiger partial charge in [-0.1, -0.05) is 73.4 Å². The Morgan fingerprint density at radius 3 is 2.28 bits per heavy atom. The fourth-order valence-electron chi connectivity index (χ4n) is 4.67. The molecule has 3 aromatic heterocycles. The molecule has 0 saturated carbocycles. The van der Waals surface area contributed by atoms with Gasteiger partial charge in [0, 0.05) is 37.9 Å². The second kappa shape index (κ2) is 12.2. The van der Waals surface area contributed by atoms with Crippen molar-refractivity contribution in [1.29, 1.82) is 0 Å². The zero-order chi connectivity index (χ0) is 26.7. The van der Waals surface area contributed by atoms with E-state index in [9.17, 15) is 0 Å². The number of aryl methyl sites for hydroxylation is 2. The normalized spacial score (nSPS) is 11.1. The van der Waals surface area contributed by atoms with Gasteiger partial charge in [-0.3, -0.25) is 0 Å². The molecule has 6 aromatic rings. The quantitative estimate of drug-likeness (QED) is 0.137. The fraction of sp³-hybridized carbons (Fsp3) is 0.176. The van der Waals surface area contributed by atoms with Gasteiger partial charge in [-0.15, -0.1) is 59.7 Å². The Labute approximate surface area is 245 Å². The van der Waals surface area contributed by atoms with Gasteiger partial charge in [0.1, 0.15) is 5.58 Å². The van der Waals surface area contributed by atoms with Gasteiger partial charge in [-0.05, 0) is 42.1 Å². The minimum Gasteiger partial charge on any atom is -0.500 e. The van der Waals surface area contributed by atoms with E-state index in [2.05, 4.69) is 81.1 Å². The van der Waals surface area contributed by atoms with Crippen LogP contribution in [0.3, 0.4) is 0 Å². The Bertz CT molecular complexity index is 1700. The SMILES string of the molecule is CCc1cc(-c2[c-]cc3oc4ccccc4c3c2)ncc1[Si](C)(C)C.Cc1ccnc(-c2[c-]cccc2)c1.[Ir]. The molecule has 3 nitrogen and oxygen atoms in total. The van der Waals surface area contributed by atoms with E-state index in [0.717, 1.165) is 50.9 Å². The summed E-state index contributed by atoms with van der Waals surface area (Å²) in [7, 11) is -1.38. The van der Waals surface area contributed by atoms with Crippen molar-refractivity contribution in [2.75, 3.05) is 0 Å². The van der Waals surface area contributed by atoms with Crippen molar-refractivity contribution >= 4 is 35.2 Å². The van der Waals surface area contributed by atoms with Crippen LogP contribution in [0.5, 0.6) is 0 Å². The molecule has 0 aliphatic heterocycles. The second-order valence-corrected chi connectivity index (χ2v) is 15.6. The summed E-state index contributed by atoms with van der Waals surface area (Å²) in [6.07, 6.45) is 4.95. The number of fused-ring (bicyclic) bond motifs is 3. The number of benzene rings is 3. The third-order valence-corrected chi connectivity index (χ3v) is 8.73. The number of pyridine rings is 2. The smallest absolute Gasteiger partial charge is 0.120 e. The molecule has 1 radical (unpaired) electrons. The minimum absolute atomic E-state index is 0. The summed E-state index contributed by atoms with van der Waals surface area (Å²) < 4.78 is 5.91. The van der Waals surface area contributed by atoms with E-state index < -0.39 is 8.07 Å². The largest absolute Gasteiger partial charge is 0.500 e. The predicted molar refractivity (Wildman–Crippen MR) is 161 cm³/mol. The molecule has 0 unspecified atom stereocenters. The third-order valence-electron chi connectivity index (χ3n) is 6.67. The summed E-state index contributed by atoms with van der Waals surface area (Å²) in [6, 6.07) is 32.9. The molecule has 6 rings (SSSR count). The molecular weight excluding hydrogens is 673 g/mol. The van der Waals surface area contributed by atoms with Crippen molar-refractivity contribution in [3.05, 3.63) is 115 Å². The van der Waals surface area contributed by atoms with Crippen molar-refractivity contribution < 1.29 is 24.5 Å². The van der Waals surface area contributed by atoms with Crippen molar-refractivity contribution in [1.82, 2.24) is 9.97 Å². The van der Waals surface area contributed by atoms with E-state index in [1.165, 1.54) is 16.3 Å². The van der Waals surface area contributed by atoms with Gasteiger partial charge in [-0.25, -0.2) is 0 Å². The average Bonchev–Trinajstić information content (AvgIpc) is 3.31. The number of rotatable bonds is 4. The average molecular weight is 705 g/mol. The van der Waals surface area contributed by atoms with Gasteiger partial charge >= 0.3 is 0 Å². The van der Waals surface area contributed by atoms with E-state index in [1.807, 2.05) is 60.8 Å². The van der Waals surface area contributed by atoms with Crippen LogP contribution in [0, 0.1) is 19.1 Å². The van der Waals surface area contributed by atoms with Gasteiger partial charge in [0.2, 0.25) is 0 Å². The first kappa shape index (κ1) is 28.6. The van der Waals surface area contributed by atoms with Crippen LogP contribution >= 0.6 is 0 Å². The Morgan fingerprint density at radius 1 is 0.795 bits per heavy atom. The van der Waals surface area contributed by atoms with Crippen LogP contribution in [-0.4, -0.2) is 18.0 Å². The summed E-state index contributed by atoms with van der Waals surface area (Å²) in [5, 5.41) is 3.72. The molecule has 0 spiro atoms. The van der Waals surface area contributed by atoms with E-state index in [4.69, 9.17) is 9.40 Å². The molecule has 3 aromatic carbocycles. The maximum Gasteiger partial charge on any atom is 0.120 e. The topological polar surface area (TPSA) is 38.9 Å². The number of para-hydroxylation sites is 1. The van der Waals surface area contributed by atoms with Gasteiger partial charge in [0.25, 0.3) is 0 Å². The summed E-state index contributed by atoms with van der Waals surface area (Å²) in [4.78, 5) is 9.05. The minimum atomic E-state index is -1.38. The van der Waals surface area contributed by atoms with Crippen LogP contribution < -0.4 is 5.19 Å². The Hall–Kier alpha value is -3.37. The first-order valence-electron chi connectivity index (χ1n) is 13.1. The maximum absolute atomic E-state index is 5.91. The van der Waals surface area contributed by atoms with E-state index >= 15 is 0 Å². The molecule has 0 aliphatic rings. The molecule has 0 atom stereocenters. The number of aromatic nitrogens is 2. The number of furan rings is 1. The molecule has 39 heavy (non-hydrogen) atoms. The van der Waals surface area contributed by atoms with Gasteiger partial charge in [0.15, 0.2) is 0 Å². The molecule has 0 saturated heterocycles. The Kier molecular flexibility index (Phi) is 8.96. The molecule has 5 heteroatoms. The maximum atomic E-state index is 5.91. The molecule has 0 bridgehead atoms. The van der Waals surface area contributed by atoms with Crippen LogP contribution in [0.1, 0.15) is 18.1 Å². The number of hydrogen-bond donors (Lipinski definition) is 0. The van der Waals surface area contributed by atoms with Crippen molar-refractivity contribution in [2.24, 2.45) is 0 Å². The Balaban J connectivity index is 0.000000213. The van der Waals surface area contributed by atoms with Crippen LogP contribution in [0.25, 0.3) is 44.5 Å². The Morgan fingerprint density at radius 2 is 1.56 bits per heavy atom. The van der Waals surface area contributed by atoms with Gasteiger partial charge in [0.05, 0.1) is 13.7 Å². The summed E-state index contributed by atoms with van der Waals surface area (Å²) >= 11 is 0. The third kappa shape index (κ3) is 6.44. The molecular formula is C34H32IrN2OSi-2. The molecule has 199 valence electrons. The van der Waals surface area contributed by atoms with Crippen LogP contribution in [0.15, 0.2) is 95.7 Å². The van der Waals surface area contributed by atoms with Crippen LogP contribution in [-0.2, 0) is 26.5 Å². The van der Waals surface area contributed by atoms with Gasteiger partial charge in [-0.2, -0.15) is 0 Å². The monoisotopic (exact) mass is 705 g/mol. The molecule has 0 aliphatic carbocycles. The van der Waals surface area contributed by atoms with Crippen molar-refractivity contribution in [2.45, 2.75) is 39.9 Å². The molecule has 0 fully saturated rings. The zero-order valence-electron chi connectivity index (χ0n) is 23.0. The summed E-state index contributed by atoms with van der Waals surface area (Å²) in [5.74, 6) is 0. The van der Waals surface area contributed by atoms with Crippen molar-refractivity contribution in [3.8, 4) is 22.5 Å². The first-order valence-corrected chi connectivity index (χ1v) is 16.6. The van der Waals surface area contributed by atoms with E-state index in [-0.39, 0.29) is 20.1 Å². The van der Waals surface area contributed by atoms with E-state index in [0.29, 0.717) is 0 Å². The van der Waals surface area contributed by atoms with Crippen LogP contribution in [0.2, 0.25) is 19.6 Å². The molecule has 0 amide bonds. The van der Waals surface area contributed by atoms with Gasteiger partial charge < -0.3 is 14.4 Å². The standard InChI is InChI=1S/C22H22NOSi.C12H10N.Ir/c1-5-15-13-19(23-14-22(15)25(2,3)4)16-10-11-21-18(12-16)17-8-6-7-9-20(17)24-21;1-10-7-8-13-12(9-10)11-5-3-2-4-6-11;/h6-9,11-14H,5H2,1-4H3;2-5,7-9H,1H3;/q2*-1;. The van der Waals surface area contributed by atoms with Crippen molar-refractivity contribution in [3.63, 3.8) is 0 Å². The van der Waals surface area contributed by atoms with E-state index in [1.54, 1.807) is 0 Å². The summed E-state index contributed by atoms with van der Waals surface area (Å²) in [6.45, 7) is 11.4. The number of hydrogen-bond acceptors (Lipinski definition) is 3. The van der Waals surface area contributed by atoms with Crippen LogP contribution in [0.4, 0.5) is 0 Å². The predicted octanol–water partition coefficient (Wildman–Crippen LogP) is 8.41. The first-order chi connectivity index (χ1) is 18.3. The second-order valence-electron chi connectivity index (χ2n) is 10.5. The summed E-state index contributed by atoms with van der Waals surface area (Å²) in [5.41, 5.74) is 8.48. The molecule has 3 heterocycles.